The molecular formula is C18H34N2O. The Bertz CT molecular complexity index is 341. The number of nitrogens with zero attached hydrogens (tertiary/aromatic N) is 1. The molecule has 3 rings (SSSR count). The molecule has 3 fully saturated rings. The summed E-state index contributed by atoms with van der Waals surface area (Å²) in [6.07, 6.45) is 12.3. The highest BCUT2D eigenvalue weighted by atomic mass is 16.3. The van der Waals surface area contributed by atoms with E-state index in [0.29, 0.717) is 18.7 Å². The van der Waals surface area contributed by atoms with Crippen molar-refractivity contribution in [1.82, 2.24) is 10.2 Å². The van der Waals surface area contributed by atoms with E-state index in [2.05, 4.69) is 24.1 Å². The molecule has 0 aromatic heterocycles. The van der Waals surface area contributed by atoms with Crippen molar-refractivity contribution in [3.8, 4) is 0 Å². The molecule has 3 nitrogen and oxygen atoms in total. The molecule has 0 bridgehead atoms. The Kier molecular flexibility index (Phi) is 4.63. The first-order valence-corrected chi connectivity index (χ1v) is 9.19. The fraction of sp³-hybridized carbons (Fsp3) is 1.00. The van der Waals surface area contributed by atoms with Crippen molar-refractivity contribution in [3.05, 3.63) is 0 Å². The van der Waals surface area contributed by atoms with E-state index >= 15 is 0 Å². The standard InChI is InChI=1S/C18H34N2O/c1-15(2)19-18(14-21)8-5-16(13-18)20-11-9-17(10-12-20)6-3-4-7-17/h15-16,19,21H,3-14H2,1-2H3. The third-order valence-electron chi connectivity index (χ3n) is 6.52. The van der Waals surface area contributed by atoms with Gasteiger partial charge in [0.05, 0.1) is 6.61 Å². The molecule has 122 valence electrons. The van der Waals surface area contributed by atoms with Crippen LogP contribution in [0, 0.1) is 5.41 Å². The normalized spacial score (nSPS) is 36.9. The topological polar surface area (TPSA) is 35.5 Å². The van der Waals surface area contributed by atoms with Gasteiger partial charge in [0.2, 0.25) is 0 Å². The van der Waals surface area contributed by atoms with E-state index in [0.717, 1.165) is 18.3 Å². The Labute approximate surface area is 130 Å². The van der Waals surface area contributed by atoms with E-state index in [1.54, 1.807) is 0 Å². The first-order chi connectivity index (χ1) is 10.1. The van der Waals surface area contributed by atoms with E-state index in [1.165, 1.54) is 58.0 Å². The monoisotopic (exact) mass is 294 g/mol. The van der Waals surface area contributed by atoms with Crippen molar-refractivity contribution < 1.29 is 5.11 Å². The maximum atomic E-state index is 9.87. The molecule has 2 atom stereocenters. The molecule has 0 aromatic rings. The number of likely N-dealkylation sites (tertiary alicyclic amines) is 1. The Morgan fingerprint density at radius 3 is 2.33 bits per heavy atom. The molecule has 2 N–H and O–H groups in total. The van der Waals surface area contributed by atoms with Gasteiger partial charge in [-0.1, -0.05) is 26.7 Å². The molecule has 3 heteroatoms. The lowest BCUT2D eigenvalue weighted by Crippen LogP contribution is -2.51. The van der Waals surface area contributed by atoms with Crippen LogP contribution >= 0.6 is 0 Å². The lowest BCUT2D eigenvalue weighted by molar-refractivity contribution is 0.0698. The van der Waals surface area contributed by atoms with Crippen LogP contribution in [0.3, 0.4) is 0 Å². The smallest absolute Gasteiger partial charge is 0.0614 e. The molecule has 2 saturated carbocycles. The maximum absolute atomic E-state index is 9.87. The number of piperidine rings is 1. The minimum Gasteiger partial charge on any atom is -0.394 e. The second-order valence-electron chi connectivity index (χ2n) is 8.38. The van der Waals surface area contributed by atoms with Gasteiger partial charge in [-0.25, -0.2) is 0 Å². The maximum Gasteiger partial charge on any atom is 0.0614 e. The number of nitrogens with one attached hydrogen (secondary N) is 1. The van der Waals surface area contributed by atoms with Crippen molar-refractivity contribution >= 4 is 0 Å². The third kappa shape index (κ3) is 3.30. The van der Waals surface area contributed by atoms with Crippen molar-refractivity contribution in [1.29, 1.82) is 0 Å². The summed E-state index contributed by atoms with van der Waals surface area (Å²) in [5.74, 6) is 0. The first kappa shape index (κ1) is 15.8. The third-order valence-corrected chi connectivity index (χ3v) is 6.52. The SMILES string of the molecule is CC(C)NC1(CO)CCC(N2CCC3(CCCC3)CC2)C1. The van der Waals surface area contributed by atoms with Gasteiger partial charge in [-0.15, -0.1) is 0 Å². The average Bonchev–Trinajstić information content (AvgIpc) is 3.08. The zero-order valence-corrected chi connectivity index (χ0v) is 14.0. The first-order valence-electron chi connectivity index (χ1n) is 9.19. The molecule has 2 unspecified atom stereocenters. The van der Waals surface area contributed by atoms with Crippen molar-refractivity contribution in [2.24, 2.45) is 5.41 Å². The van der Waals surface area contributed by atoms with Crippen LogP contribution in [0.15, 0.2) is 0 Å². The Balaban J connectivity index is 1.54. The van der Waals surface area contributed by atoms with Gasteiger partial charge in [0, 0.05) is 17.6 Å². The van der Waals surface area contributed by atoms with Crippen LogP contribution in [0.25, 0.3) is 0 Å². The fourth-order valence-corrected chi connectivity index (χ4v) is 5.33. The van der Waals surface area contributed by atoms with Gasteiger partial charge in [-0.05, 0) is 63.5 Å². The highest BCUT2D eigenvalue weighted by Gasteiger charge is 2.44. The van der Waals surface area contributed by atoms with E-state index < -0.39 is 0 Å². The van der Waals surface area contributed by atoms with Crippen LogP contribution in [-0.2, 0) is 0 Å². The van der Waals surface area contributed by atoms with Gasteiger partial charge < -0.3 is 15.3 Å². The average molecular weight is 294 g/mol. The highest BCUT2D eigenvalue weighted by molar-refractivity contribution is 5.01. The lowest BCUT2D eigenvalue weighted by Gasteiger charge is -2.42. The van der Waals surface area contributed by atoms with Gasteiger partial charge >= 0.3 is 0 Å². The van der Waals surface area contributed by atoms with Crippen molar-refractivity contribution in [3.63, 3.8) is 0 Å². The Morgan fingerprint density at radius 2 is 1.76 bits per heavy atom. The van der Waals surface area contributed by atoms with Crippen molar-refractivity contribution in [2.45, 2.75) is 89.3 Å². The molecule has 2 aliphatic carbocycles. The van der Waals surface area contributed by atoms with Crippen LogP contribution in [-0.4, -0.2) is 47.3 Å². The number of rotatable bonds is 4. The van der Waals surface area contributed by atoms with E-state index in [-0.39, 0.29) is 5.54 Å². The number of hydrogen-bond donors (Lipinski definition) is 2. The minimum atomic E-state index is -0.0126. The molecule has 1 spiro atoms. The Hall–Kier alpha value is -0.120. The molecule has 0 amide bonds. The van der Waals surface area contributed by atoms with Crippen LogP contribution in [0.2, 0.25) is 0 Å². The largest absolute Gasteiger partial charge is 0.394 e. The molecule has 1 aliphatic heterocycles. The number of aliphatic hydroxyl groups is 1. The predicted octanol–water partition coefficient (Wildman–Crippen LogP) is 2.92. The molecular weight excluding hydrogens is 260 g/mol. The predicted molar refractivity (Wildman–Crippen MR) is 87.4 cm³/mol. The van der Waals surface area contributed by atoms with Crippen LogP contribution in [0.4, 0.5) is 0 Å². The molecule has 21 heavy (non-hydrogen) atoms. The van der Waals surface area contributed by atoms with Gasteiger partial charge in [-0.2, -0.15) is 0 Å². The molecule has 1 saturated heterocycles. The van der Waals surface area contributed by atoms with Crippen LogP contribution in [0.1, 0.15) is 71.6 Å². The number of hydrogen-bond acceptors (Lipinski definition) is 3. The van der Waals surface area contributed by atoms with E-state index in [9.17, 15) is 5.11 Å². The summed E-state index contributed by atoms with van der Waals surface area (Å²) in [5.41, 5.74) is 0.709. The summed E-state index contributed by atoms with van der Waals surface area (Å²) >= 11 is 0. The van der Waals surface area contributed by atoms with Gasteiger partial charge in [0.1, 0.15) is 0 Å². The molecule has 3 aliphatic rings. The lowest BCUT2D eigenvalue weighted by atomic mass is 9.76. The zero-order valence-electron chi connectivity index (χ0n) is 14.0. The van der Waals surface area contributed by atoms with Gasteiger partial charge in [-0.3, -0.25) is 0 Å². The van der Waals surface area contributed by atoms with Gasteiger partial charge in [0.25, 0.3) is 0 Å². The quantitative estimate of drug-likeness (QED) is 0.837. The Morgan fingerprint density at radius 1 is 1.10 bits per heavy atom. The second kappa shape index (κ2) is 6.17. The zero-order chi connectivity index (χ0) is 14.9. The van der Waals surface area contributed by atoms with Crippen LogP contribution < -0.4 is 5.32 Å². The molecule has 1 heterocycles. The summed E-state index contributed by atoms with van der Waals surface area (Å²) in [5, 5.41) is 13.5. The number of aliphatic hydroxyl groups excluding tert-OH is 1. The van der Waals surface area contributed by atoms with Crippen molar-refractivity contribution in [2.75, 3.05) is 19.7 Å². The second-order valence-corrected chi connectivity index (χ2v) is 8.38. The molecule has 0 radical (unpaired) electrons. The fourth-order valence-electron chi connectivity index (χ4n) is 5.33. The van der Waals surface area contributed by atoms with E-state index in [4.69, 9.17) is 0 Å². The van der Waals surface area contributed by atoms with E-state index in [1.807, 2.05) is 0 Å². The van der Waals surface area contributed by atoms with Crippen LogP contribution in [0.5, 0.6) is 0 Å². The highest BCUT2D eigenvalue weighted by Crippen LogP contribution is 2.47. The summed E-state index contributed by atoms with van der Waals surface area (Å²) in [6, 6.07) is 1.15. The minimum absolute atomic E-state index is 0.0126. The van der Waals surface area contributed by atoms with Gasteiger partial charge in [0.15, 0.2) is 0 Å². The summed E-state index contributed by atoms with van der Waals surface area (Å²) in [6.45, 7) is 7.27. The summed E-state index contributed by atoms with van der Waals surface area (Å²) in [7, 11) is 0. The summed E-state index contributed by atoms with van der Waals surface area (Å²) < 4.78 is 0. The summed E-state index contributed by atoms with van der Waals surface area (Å²) in [4.78, 5) is 2.74. The molecule has 0 aromatic carbocycles.